The number of ether oxygens (including phenoxy) is 1. The minimum Gasteiger partial charge on any atom is -0.456 e. The molecule has 0 radical (unpaired) electrons. The quantitative estimate of drug-likeness (QED) is 0.783. The van der Waals surface area contributed by atoms with Gasteiger partial charge in [-0.3, -0.25) is 14.4 Å². The highest BCUT2D eigenvalue weighted by Gasteiger charge is 2.36. The average Bonchev–Trinajstić information content (AvgIpc) is 2.72. The van der Waals surface area contributed by atoms with Crippen LogP contribution in [0.15, 0.2) is 29.2 Å². The SMILES string of the molecule is O=C(C[C@H]1Sc2ccccc2NC1=O)OCC(=O)N1CCC[C@@H]2CCCC[C@@H]21. The predicted octanol–water partition coefficient (Wildman–Crippen LogP) is 3.21. The number of fused-ring (bicyclic) bond motifs is 2. The predicted molar refractivity (Wildman–Crippen MR) is 107 cm³/mol. The number of nitrogens with one attached hydrogen (secondary N) is 1. The molecule has 6 nitrogen and oxygen atoms in total. The fraction of sp³-hybridized carbons (Fsp3) is 0.571. The summed E-state index contributed by atoms with van der Waals surface area (Å²) in [5, 5.41) is 2.29. The second-order valence-corrected chi connectivity index (χ2v) is 9.04. The first-order valence-corrected chi connectivity index (χ1v) is 11.0. The number of hydrogen-bond donors (Lipinski definition) is 1. The van der Waals surface area contributed by atoms with Crippen LogP contribution in [0.25, 0.3) is 0 Å². The Morgan fingerprint density at radius 3 is 2.82 bits per heavy atom. The van der Waals surface area contributed by atoms with E-state index in [1.807, 2.05) is 29.2 Å². The number of nitrogens with zero attached hydrogens (tertiary/aromatic N) is 1. The van der Waals surface area contributed by atoms with Gasteiger partial charge in [0, 0.05) is 17.5 Å². The molecule has 7 heteroatoms. The van der Waals surface area contributed by atoms with Crippen LogP contribution in [-0.4, -0.2) is 47.1 Å². The first-order chi connectivity index (χ1) is 13.6. The highest BCUT2D eigenvalue weighted by molar-refractivity contribution is 8.01. The molecule has 0 aromatic heterocycles. The molecule has 0 unspecified atom stereocenters. The molecule has 28 heavy (non-hydrogen) atoms. The highest BCUT2D eigenvalue weighted by Crippen LogP contribution is 2.37. The number of piperidine rings is 1. The van der Waals surface area contributed by atoms with Gasteiger partial charge in [-0.05, 0) is 43.7 Å². The van der Waals surface area contributed by atoms with Crippen molar-refractivity contribution in [1.82, 2.24) is 4.90 Å². The largest absolute Gasteiger partial charge is 0.456 e. The number of amides is 2. The van der Waals surface area contributed by atoms with Crippen molar-refractivity contribution in [3.8, 4) is 0 Å². The zero-order chi connectivity index (χ0) is 19.5. The van der Waals surface area contributed by atoms with Gasteiger partial charge in [0.05, 0.1) is 17.4 Å². The molecule has 0 spiro atoms. The Balaban J connectivity index is 1.28. The maximum absolute atomic E-state index is 12.6. The molecule has 1 aromatic carbocycles. The molecular formula is C21H26N2O4S. The molecule has 3 atom stereocenters. The smallest absolute Gasteiger partial charge is 0.307 e. The fourth-order valence-corrected chi connectivity index (χ4v) is 5.69. The summed E-state index contributed by atoms with van der Waals surface area (Å²) in [7, 11) is 0. The summed E-state index contributed by atoms with van der Waals surface area (Å²) in [4.78, 5) is 40.0. The topological polar surface area (TPSA) is 75.7 Å². The molecule has 150 valence electrons. The Morgan fingerprint density at radius 1 is 1.14 bits per heavy atom. The van der Waals surface area contributed by atoms with E-state index < -0.39 is 11.2 Å². The van der Waals surface area contributed by atoms with Crippen LogP contribution in [-0.2, 0) is 19.1 Å². The van der Waals surface area contributed by atoms with Crippen molar-refractivity contribution in [1.29, 1.82) is 0 Å². The minimum absolute atomic E-state index is 0.0375. The van der Waals surface area contributed by atoms with Crippen molar-refractivity contribution in [3.05, 3.63) is 24.3 Å². The number of anilines is 1. The van der Waals surface area contributed by atoms with Crippen molar-refractivity contribution in [2.75, 3.05) is 18.5 Å². The van der Waals surface area contributed by atoms with E-state index in [4.69, 9.17) is 4.74 Å². The van der Waals surface area contributed by atoms with Crippen LogP contribution in [0.4, 0.5) is 5.69 Å². The summed E-state index contributed by atoms with van der Waals surface area (Å²) in [6.07, 6.45) is 6.86. The van der Waals surface area contributed by atoms with Gasteiger partial charge in [0.2, 0.25) is 5.91 Å². The van der Waals surface area contributed by atoms with Gasteiger partial charge in [0.25, 0.3) is 5.91 Å². The lowest BCUT2D eigenvalue weighted by molar-refractivity contribution is -0.155. The van der Waals surface area contributed by atoms with E-state index >= 15 is 0 Å². The maximum atomic E-state index is 12.6. The minimum atomic E-state index is -0.532. The molecule has 1 saturated carbocycles. The van der Waals surface area contributed by atoms with Crippen LogP contribution in [0, 0.1) is 5.92 Å². The van der Waals surface area contributed by atoms with Crippen LogP contribution >= 0.6 is 11.8 Å². The van der Waals surface area contributed by atoms with E-state index in [9.17, 15) is 14.4 Å². The Morgan fingerprint density at radius 2 is 1.93 bits per heavy atom. The van der Waals surface area contributed by atoms with Crippen LogP contribution in [0.3, 0.4) is 0 Å². The number of benzene rings is 1. The molecule has 1 saturated heterocycles. The van der Waals surface area contributed by atoms with Gasteiger partial charge in [-0.1, -0.05) is 25.0 Å². The molecule has 2 fully saturated rings. The standard InChI is InChI=1S/C21H26N2O4S/c24-19(23-11-5-7-14-6-1-3-9-16(14)23)13-27-20(25)12-18-21(26)22-15-8-2-4-10-17(15)28-18/h2,4,8,10,14,16,18H,1,3,5-7,9,11-13H2,(H,22,26)/t14-,16-,18+/m0/s1. The number of carbonyl (C=O) groups is 3. The van der Waals surface area contributed by atoms with Gasteiger partial charge in [-0.2, -0.15) is 0 Å². The van der Waals surface area contributed by atoms with Crippen LogP contribution < -0.4 is 5.32 Å². The number of carbonyl (C=O) groups excluding carboxylic acids is 3. The Bertz CT molecular complexity index is 767. The molecule has 3 aliphatic rings. The van der Waals surface area contributed by atoms with Gasteiger partial charge in [0.15, 0.2) is 6.61 Å². The third-order valence-corrected chi connectivity index (χ3v) is 7.25. The Kier molecular flexibility index (Phi) is 5.90. The molecule has 1 N–H and O–H groups in total. The van der Waals surface area contributed by atoms with Gasteiger partial charge < -0.3 is 15.0 Å². The molecule has 2 heterocycles. The van der Waals surface area contributed by atoms with E-state index in [1.165, 1.54) is 37.4 Å². The van der Waals surface area contributed by atoms with Gasteiger partial charge in [-0.15, -0.1) is 11.8 Å². The summed E-state index contributed by atoms with van der Waals surface area (Å²) in [5.41, 5.74) is 0.768. The van der Waals surface area contributed by atoms with E-state index in [0.717, 1.165) is 30.0 Å². The summed E-state index contributed by atoms with van der Waals surface area (Å²) >= 11 is 1.36. The van der Waals surface area contributed by atoms with Crippen LogP contribution in [0.2, 0.25) is 0 Å². The van der Waals surface area contributed by atoms with E-state index in [-0.39, 0.29) is 24.8 Å². The van der Waals surface area contributed by atoms with E-state index in [0.29, 0.717) is 12.0 Å². The lowest BCUT2D eigenvalue weighted by Gasteiger charge is -2.44. The van der Waals surface area contributed by atoms with Crippen molar-refractivity contribution in [2.24, 2.45) is 5.92 Å². The molecular weight excluding hydrogens is 376 g/mol. The van der Waals surface area contributed by atoms with E-state index in [1.54, 1.807) is 0 Å². The maximum Gasteiger partial charge on any atom is 0.307 e. The second-order valence-electron chi connectivity index (χ2n) is 7.80. The van der Waals surface area contributed by atoms with Gasteiger partial charge >= 0.3 is 5.97 Å². The zero-order valence-corrected chi connectivity index (χ0v) is 16.7. The number of hydrogen-bond acceptors (Lipinski definition) is 5. The summed E-state index contributed by atoms with van der Waals surface area (Å²) < 4.78 is 5.25. The number of rotatable bonds is 4. The lowest BCUT2D eigenvalue weighted by Crippen LogP contribution is -2.51. The third-order valence-electron chi connectivity index (χ3n) is 5.98. The number of para-hydroxylation sites is 1. The average molecular weight is 403 g/mol. The van der Waals surface area contributed by atoms with Crippen molar-refractivity contribution in [2.45, 2.75) is 61.1 Å². The van der Waals surface area contributed by atoms with Crippen LogP contribution in [0.5, 0.6) is 0 Å². The molecule has 2 aliphatic heterocycles. The normalized spacial score (nSPS) is 26.6. The van der Waals surface area contributed by atoms with E-state index in [2.05, 4.69) is 5.32 Å². The van der Waals surface area contributed by atoms with Crippen molar-refractivity contribution < 1.29 is 19.1 Å². The highest BCUT2D eigenvalue weighted by atomic mass is 32.2. The Hall–Kier alpha value is -2.02. The first-order valence-electron chi connectivity index (χ1n) is 10.1. The Labute approximate surface area is 169 Å². The molecule has 1 aliphatic carbocycles. The zero-order valence-electron chi connectivity index (χ0n) is 15.9. The second kappa shape index (κ2) is 8.55. The van der Waals surface area contributed by atoms with Crippen LogP contribution in [0.1, 0.15) is 44.9 Å². The summed E-state index contributed by atoms with van der Waals surface area (Å²) in [6.45, 7) is 0.535. The van der Waals surface area contributed by atoms with Gasteiger partial charge in [-0.25, -0.2) is 0 Å². The molecule has 0 bridgehead atoms. The fourth-order valence-electron chi connectivity index (χ4n) is 4.60. The van der Waals surface area contributed by atoms with Gasteiger partial charge in [0.1, 0.15) is 0 Å². The molecule has 4 rings (SSSR count). The summed E-state index contributed by atoms with van der Waals surface area (Å²) in [6, 6.07) is 7.82. The monoisotopic (exact) mass is 402 g/mol. The molecule has 1 aromatic rings. The molecule has 2 amide bonds. The number of thioether (sulfide) groups is 1. The lowest BCUT2D eigenvalue weighted by atomic mass is 9.78. The number of likely N-dealkylation sites (tertiary alicyclic amines) is 1. The summed E-state index contributed by atoms with van der Waals surface area (Å²) in [5.74, 6) is -0.203. The first kappa shape index (κ1) is 19.3. The van der Waals surface area contributed by atoms with Crippen molar-refractivity contribution >= 4 is 35.2 Å². The third kappa shape index (κ3) is 4.19. The number of esters is 1. The van der Waals surface area contributed by atoms with Crippen molar-refractivity contribution in [3.63, 3.8) is 0 Å².